The quantitative estimate of drug-likeness (QED) is 0.752. The first-order valence-corrected chi connectivity index (χ1v) is 7.95. The molecule has 124 valence electrons. The van der Waals surface area contributed by atoms with Crippen molar-refractivity contribution in [3.05, 3.63) is 0 Å². The van der Waals surface area contributed by atoms with Gasteiger partial charge in [-0.25, -0.2) is 4.79 Å². The van der Waals surface area contributed by atoms with E-state index in [0.29, 0.717) is 32.6 Å². The van der Waals surface area contributed by atoms with Gasteiger partial charge in [0, 0.05) is 19.6 Å². The van der Waals surface area contributed by atoms with Gasteiger partial charge in [-0.15, -0.1) is 0 Å². The molecule has 0 aromatic rings. The largest absolute Gasteiger partial charge is 0.379 e. The van der Waals surface area contributed by atoms with Crippen molar-refractivity contribution in [2.75, 3.05) is 32.8 Å². The molecule has 0 radical (unpaired) electrons. The first-order chi connectivity index (χ1) is 10.5. The maximum Gasteiger partial charge on any atom is 0.331 e. The Kier molecular flexibility index (Phi) is 5.18. The maximum atomic E-state index is 12.8. The van der Waals surface area contributed by atoms with Gasteiger partial charge in [0.25, 0.3) is 0 Å². The third kappa shape index (κ3) is 2.87. The molecular formula is C15H25N3O4. The van der Waals surface area contributed by atoms with Crippen molar-refractivity contribution in [3.8, 4) is 0 Å². The van der Waals surface area contributed by atoms with Gasteiger partial charge in [-0.1, -0.05) is 13.8 Å². The lowest BCUT2D eigenvalue weighted by Crippen LogP contribution is -2.66. The van der Waals surface area contributed by atoms with Crippen LogP contribution in [-0.2, 0) is 14.3 Å². The predicted molar refractivity (Wildman–Crippen MR) is 80.1 cm³/mol. The standard InChI is InChI=1S/C15H25N3O4/c1-4-15(5-2)12(19)16-14(21)18(13(15)20)11(3)10-17-6-8-22-9-7-17/h11H,4-10H2,1-3H3,(H,16,19,21). The highest BCUT2D eigenvalue weighted by atomic mass is 16.5. The van der Waals surface area contributed by atoms with Crippen LogP contribution in [0.15, 0.2) is 0 Å². The average Bonchev–Trinajstić information content (AvgIpc) is 2.49. The number of nitrogens with one attached hydrogen (secondary N) is 1. The van der Waals surface area contributed by atoms with E-state index in [4.69, 9.17) is 4.74 Å². The smallest absolute Gasteiger partial charge is 0.331 e. The van der Waals surface area contributed by atoms with E-state index >= 15 is 0 Å². The van der Waals surface area contributed by atoms with Crippen molar-refractivity contribution in [3.63, 3.8) is 0 Å². The highest BCUT2D eigenvalue weighted by Crippen LogP contribution is 2.33. The summed E-state index contributed by atoms with van der Waals surface area (Å²) in [5.41, 5.74) is -1.12. The van der Waals surface area contributed by atoms with Crippen LogP contribution in [0.1, 0.15) is 33.6 Å². The topological polar surface area (TPSA) is 79.0 Å². The monoisotopic (exact) mass is 311 g/mol. The zero-order valence-electron chi connectivity index (χ0n) is 13.6. The fourth-order valence-electron chi connectivity index (χ4n) is 3.21. The summed E-state index contributed by atoms with van der Waals surface area (Å²) >= 11 is 0. The van der Waals surface area contributed by atoms with E-state index in [9.17, 15) is 14.4 Å². The molecule has 2 fully saturated rings. The van der Waals surface area contributed by atoms with Gasteiger partial charge in [-0.05, 0) is 19.8 Å². The van der Waals surface area contributed by atoms with Crippen molar-refractivity contribution >= 4 is 17.8 Å². The van der Waals surface area contributed by atoms with Gasteiger partial charge in [0.15, 0.2) is 0 Å². The highest BCUT2D eigenvalue weighted by Gasteiger charge is 2.52. The van der Waals surface area contributed by atoms with Crippen molar-refractivity contribution in [2.45, 2.75) is 39.7 Å². The third-order valence-electron chi connectivity index (χ3n) is 4.78. The SMILES string of the molecule is CCC1(CC)C(=O)NC(=O)N(C(C)CN2CCOCC2)C1=O. The van der Waals surface area contributed by atoms with Gasteiger partial charge in [0.1, 0.15) is 5.41 Å². The van der Waals surface area contributed by atoms with Gasteiger partial charge < -0.3 is 4.74 Å². The molecule has 0 spiro atoms. The van der Waals surface area contributed by atoms with Crippen molar-refractivity contribution in [1.82, 2.24) is 15.1 Å². The number of hydrogen-bond acceptors (Lipinski definition) is 5. The molecule has 1 unspecified atom stereocenters. The van der Waals surface area contributed by atoms with E-state index in [1.807, 2.05) is 20.8 Å². The fraction of sp³-hybridized carbons (Fsp3) is 0.800. The lowest BCUT2D eigenvalue weighted by molar-refractivity contribution is -0.153. The van der Waals surface area contributed by atoms with Gasteiger partial charge in [0.05, 0.1) is 19.3 Å². The Morgan fingerprint density at radius 2 is 1.77 bits per heavy atom. The second kappa shape index (κ2) is 6.75. The van der Waals surface area contributed by atoms with Crippen LogP contribution in [0.3, 0.4) is 0 Å². The van der Waals surface area contributed by atoms with Crippen molar-refractivity contribution in [2.24, 2.45) is 5.41 Å². The van der Waals surface area contributed by atoms with Gasteiger partial charge in [-0.3, -0.25) is 24.7 Å². The van der Waals surface area contributed by atoms with Crippen LogP contribution < -0.4 is 5.32 Å². The van der Waals surface area contributed by atoms with E-state index in [-0.39, 0.29) is 11.9 Å². The summed E-state index contributed by atoms with van der Waals surface area (Å²) in [5.74, 6) is -0.839. The Bertz CT molecular complexity index is 456. The Labute approximate surface area is 131 Å². The normalized spacial score (nSPS) is 24.3. The molecule has 0 aliphatic carbocycles. The van der Waals surface area contributed by atoms with Crippen LogP contribution in [0.4, 0.5) is 4.79 Å². The van der Waals surface area contributed by atoms with Crippen LogP contribution in [0.2, 0.25) is 0 Å². The maximum absolute atomic E-state index is 12.8. The average molecular weight is 311 g/mol. The fourth-order valence-corrected chi connectivity index (χ4v) is 3.21. The summed E-state index contributed by atoms with van der Waals surface area (Å²) in [4.78, 5) is 40.5. The lowest BCUT2D eigenvalue weighted by atomic mass is 9.78. The summed E-state index contributed by atoms with van der Waals surface area (Å²) in [5, 5.41) is 2.35. The van der Waals surface area contributed by atoms with E-state index in [1.165, 1.54) is 4.90 Å². The minimum absolute atomic E-state index is 0.281. The molecule has 2 rings (SSSR count). The Morgan fingerprint density at radius 3 is 2.32 bits per heavy atom. The second-order valence-corrected chi connectivity index (χ2v) is 5.99. The Balaban J connectivity index is 2.15. The van der Waals surface area contributed by atoms with Crippen molar-refractivity contribution in [1.29, 1.82) is 0 Å². The molecule has 7 heteroatoms. The molecule has 4 amide bonds. The molecule has 22 heavy (non-hydrogen) atoms. The zero-order chi connectivity index (χ0) is 16.3. The zero-order valence-corrected chi connectivity index (χ0v) is 13.6. The molecule has 2 heterocycles. The number of barbiturate groups is 1. The van der Waals surface area contributed by atoms with Gasteiger partial charge in [0.2, 0.25) is 11.8 Å². The number of hydrogen-bond donors (Lipinski definition) is 1. The van der Waals surface area contributed by atoms with Crippen LogP contribution in [0.25, 0.3) is 0 Å². The molecule has 0 bridgehead atoms. The number of carbonyl (C=O) groups is 3. The number of rotatable bonds is 5. The van der Waals surface area contributed by atoms with E-state index in [2.05, 4.69) is 10.2 Å². The van der Waals surface area contributed by atoms with Crippen LogP contribution in [0.5, 0.6) is 0 Å². The number of urea groups is 1. The van der Waals surface area contributed by atoms with Gasteiger partial charge >= 0.3 is 6.03 Å². The molecule has 2 aliphatic heterocycles. The molecule has 0 saturated carbocycles. The lowest BCUT2D eigenvalue weighted by Gasteiger charge is -2.42. The molecule has 0 aromatic heterocycles. The van der Waals surface area contributed by atoms with Crippen molar-refractivity contribution < 1.29 is 19.1 Å². The number of nitrogens with zero attached hydrogens (tertiary/aromatic N) is 2. The highest BCUT2D eigenvalue weighted by molar-refractivity contribution is 6.19. The van der Waals surface area contributed by atoms with E-state index in [1.54, 1.807) is 0 Å². The first kappa shape index (κ1) is 16.9. The first-order valence-electron chi connectivity index (χ1n) is 7.95. The van der Waals surface area contributed by atoms with E-state index < -0.39 is 17.4 Å². The number of amides is 4. The molecule has 2 saturated heterocycles. The van der Waals surface area contributed by atoms with Crippen LogP contribution in [0, 0.1) is 5.41 Å². The minimum atomic E-state index is -1.12. The van der Waals surface area contributed by atoms with Crippen LogP contribution in [-0.4, -0.2) is 66.5 Å². The summed E-state index contributed by atoms with van der Waals surface area (Å²) in [6.45, 7) is 8.97. The number of morpholine rings is 1. The Morgan fingerprint density at radius 1 is 1.18 bits per heavy atom. The molecular weight excluding hydrogens is 286 g/mol. The number of imide groups is 2. The third-order valence-corrected chi connectivity index (χ3v) is 4.78. The Hall–Kier alpha value is -1.47. The molecule has 0 aromatic carbocycles. The predicted octanol–water partition coefficient (Wildman–Crippen LogP) is 0.592. The molecule has 2 aliphatic rings. The summed E-state index contributed by atoms with van der Waals surface area (Å²) in [6.07, 6.45) is 0.782. The summed E-state index contributed by atoms with van der Waals surface area (Å²) in [7, 11) is 0. The molecule has 1 atom stereocenters. The molecule has 1 N–H and O–H groups in total. The minimum Gasteiger partial charge on any atom is -0.379 e. The molecule has 7 nitrogen and oxygen atoms in total. The van der Waals surface area contributed by atoms with Crippen LogP contribution >= 0.6 is 0 Å². The van der Waals surface area contributed by atoms with Gasteiger partial charge in [-0.2, -0.15) is 0 Å². The summed E-state index contributed by atoms with van der Waals surface area (Å²) < 4.78 is 5.30. The van der Waals surface area contributed by atoms with E-state index in [0.717, 1.165) is 13.1 Å². The number of ether oxygens (including phenoxy) is 1. The number of carbonyl (C=O) groups excluding carboxylic acids is 3. The second-order valence-electron chi connectivity index (χ2n) is 5.99. The summed E-state index contributed by atoms with van der Waals surface area (Å²) in [6, 6.07) is -0.885.